The van der Waals surface area contributed by atoms with Gasteiger partial charge in [0, 0.05) is 18.7 Å². The van der Waals surface area contributed by atoms with E-state index in [0.29, 0.717) is 37.3 Å². The van der Waals surface area contributed by atoms with Crippen LogP contribution < -0.4 is 5.73 Å². The molecule has 0 unspecified atom stereocenters. The Morgan fingerprint density at radius 1 is 1.32 bits per heavy atom. The van der Waals surface area contributed by atoms with Gasteiger partial charge in [0.05, 0.1) is 12.5 Å². The Hall–Kier alpha value is -1.46. The Morgan fingerprint density at radius 3 is 2.42 bits per heavy atom. The molecule has 1 aromatic rings. The molecule has 1 aromatic carbocycles. The number of benzene rings is 1. The van der Waals surface area contributed by atoms with E-state index in [9.17, 15) is 9.90 Å². The topological polar surface area (TPSA) is 66.6 Å². The van der Waals surface area contributed by atoms with Crippen molar-refractivity contribution in [1.29, 1.82) is 0 Å². The fourth-order valence-electron chi connectivity index (χ4n) is 2.19. The van der Waals surface area contributed by atoms with E-state index in [1.165, 1.54) is 0 Å². The molecular formula is C14H18N2O2S. The lowest BCUT2D eigenvalue weighted by Gasteiger charge is -2.29. The average molecular weight is 278 g/mol. The summed E-state index contributed by atoms with van der Waals surface area (Å²) in [5.74, 6) is 0.106. The maximum Gasteiger partial charge on any atom is 0.226 e. The Kier molecular flexibility index (Phi) is 4.50. The third-order valence-corrected chi connectivity index (χ3v) is 3.65. The minimum atomic E-state index is -0.256. The molecule has 0 bridgehead atoms. The van der Waals surface area contributed by atoms with Crippen LogP contribution in [0.15, 0.2) is 24.3 Å². The molecule has 0 aromatic heterocycles. The summed E-state index contributed by atoms with van der Waals surface area (Å²) in [6.07, 6.45) is 1.47. The van der Waals surface area contributed by atoms with Gasteiger partial charge < -0.3 is 15.7 Å². The van der Waals surface area contributed by atoms with Gasteiger partial charge in [0.2, 0.25) is 5.91 Å². The highest BCUT2D eigenvalue weighted by atomic mass is 32.1. The third-order valence-electron chi connectivity index (χ3n) is 3.41. The lowest BCUT2D eigenvalue weighted by atomic mass is 10.1. The van der Waals surface area contributed by atoms with Gasteiger partial charge in [0.1, 0.15) is 4.99 Å². The van der Waals surface area contributed by atoms with Crippen molar-refractivity contribution < 1.29 is 9.90 Å². The molecule has 0 spiro atoms. The van der Waals surface area contributed by atoms with E-state index in [-0.39, 0.29) is 12.0 Å². The molecule has 102 valence electrons. The lowest BCUT2D eigenvalue weighted by molar-refractivity contribution is -0.132. The van der Waals surface area contributed by atoms with Crippen molar-refractivity contribution in [3.8, 4) is 0 Å². The normalized spacial score (nSPS) is 16.4. The van der Waals surface area contributed by atoms with Gasteiger partial charge in [-0.1, -0.05) is 36.5 Å². The van der Waals surface area contributed by atoms with Crippen molar-refractivity contribution in [3.05, 3.63) is 35.4 Å². The number of carbonyl (C=O) groups excluding carboxylic acids is 1. The largest absolute Gasteiger partial charge is 0.393 e. The van der Waals surface area contributed by atoms with Gasteiger partial charge in [0.15, 0.2) is 0 Å². The molecule has 1 amide bonds. The van der Waals surface area contributed by atoms with Crippen molar-refractivity contribution in [3.63, 3.8) is 0 Å². The maximum absolute atomic E-state index is 12.1. The van der Waals surface area contributed by atoms with Crippen LogP contribution in [0, 0.1) is 0 Å². The highest BCUT2D eigenvalue weighted by Crippen LogP contribution is 2.12. The first-order valence-corrected chi connectivity index (χ1v) is 6.81. The first kappa shape index (κ1) is 14.0. The molecule has 1 aliphatic heterocycles. The number of rotatable bonds is 3. The number of nitrogens with zero attached hydrogens (tertiary/aromatic N) is 1. The molecule has 0 radical (unpaired) electrons. The van der Waals surface area contributed by atoms with Gasteiger partial charge in [-0.15, -0.1) is 0 Å². The number of amides is 1. The quantitative estimate of drug-likeness (QED) is 0.804. The molecule has 5 heteroatoms. The van der Waals surface area contributed by atoms with Crippen LogP contribution in [0.1, 0.15) is 24.0 Å². The molecule has 1 fully saturated rings. The van der Waals surface area contributed by atoms with Gasteiger partial charge in [-0.25, -0.2) is 0 Å². The van der Waals surface area contributed by atoms with Crippen molar-refractivity contribution in [2.75, 3.05) is 13.1 Å². The van der Waals surface area contributed by atoms with Crippen molar-refractivity contribution in [2.24, 2.45) is 5.73 Å². The molecule has 2 rings (SSSR count). The van der Waals surface area contributed by atoms with E-state index in [0.717, 1.165) is 11.1 Å². The summed E-state index contributed by atoms with van der Waals surface area (Å²) < 4.78 is 0. The second kappa shape index (κ2) is 6.12. The molecule has 0 aliphatic carbocycles. The van der Waals surface area contributed by atoms with Crippen molar-refractivity contribution >= 4 is 23.1 Å². The number of thiocarbonyl (C=S) groups is 1. The first-order chi connectivity index (χ1) is 9.06. The van der Waals surface area contributed by atoms with Crippen LogP contribution in [0.3, 0.4) is 0 Å². The Morgan fingerprint density at radius 2 is 1.89 bits per heavy atom. The van der Waals surface area contributed by atoms with Crippen LogP contribution in [-0.4, -0.2) is 40.1 Å². The highest BCUT2D eigenvalue weighted by Gasteiger charge is 2.21. The van der Waals surface area contributed by atoms with E-state index in [2.05, 4.69) is 0 Å². The number of aliphatic hydroxyl groups is 1. The smallest absolute Gasteiger partial charge is 0.226 e. The summed E-state index contributed by atoms with van der Waals surface area (Å²) in [6, 6.07) is 7.44. The van der Waals surface area contributed by atoms with Crippen LogP contribution in [-0.2, 0) is 11.2 Å². The van der Waals surface area contributed by atoms with Gasteiger partial charge in [-0.05, 0) is 18.4 Å². The zero-order valence-corrected chi connectivity index (χ0v) is 11.5. The Labute approximate surface area is 118 Å². The lowest BCUT2D eigenvalue weighted by Crippen LogP contribution is -2.40. The summed E-state index contributed by atoms with van der Waals surface area (Å²) in [7, 11) is 0. The predicted molar refractivity (Wildman–Crippen MR) is 77.9 cm³/mol. The van der Waals surface area contributed by atoms with Crippen LogP contribution in [0.2, 0.25) is 0 Å². The van der Waals surface area contributed by atoms with Crippen LogP contribution >= 0.6 is 12.2 Å². The summed E-state index contributed by atoms with van der Waals surface area (Å²) in [6.45, 7) is 1.29. The number of nitrogens with two attached hydrogens (primary N) is 1. The van der Waals surface area contributed by atoms with Crippen LogP contribution in [0.5, 0.6) is 0 Å². The first-order valence-electron chi connectivity index (χ1n) is 6.41. The summed E-state index contributed by atoms with van der Waals surface area (Å²) >= 11 is 4.89. The fraction of sp³-hybridized carbons (Fsp3) is 0.429. The minimum Gasteiger partial charge on any atom is -0.393 e. The second-order valence-electron chi connectivity index (χ2n) is 4.85. The molecule has 0 saturated carbocycles. The summed E-state index contributed by atoms with van der Waals surface area (Å²) in [4.78, 5) is 14.3. The molecular weight excluding hydrogens is 260 g/mol. The maximum atomic E-state index is 12.1. The Bertz CT molecular complexity index is 465. The van der Waals surface area contributed by atoms with Gasteiger partial charge in [-0.2, -0.15) is 0 Å². The van der Waals surface area contributed by atoms with Crippen molar-refractivity contribution in [2.45, 2.75) is 25.4 Å². The summed E-state index contributed by atoms with van der Waals surface area (Å²) in [5, 5.41) is 9.42. The van der Waals surface area contributed by atoms with Gasteiger partial charge >= 0.3 is 0 Å². The van der Waals surface area contributed by atoms with E-state index >= 15 is 0 Å². The molecule has 3 N–H and O–H groups in total. The van der Waals surface area contributed by atoms with Gasteiger partial charge in [0.25, 0.3) is 0 Å². The molecule has 19 heavy (non-hydrogen) atoms. The number of piperidine rings is 1. The number of hydrogen-bond acceptors (Lipinski definition) is 3. The SMILES string of the molecule is NC(=S)c1ccc(CC(=O)N2CCC(O)CC2)cc1. The standard InChI is InChI=1S/C14H18N2O2S/c15-14(19)11-3-1-10(2-4-11)9-13(18)16-7-5-12(17)6-8-16/h1-4,12,17H,5-9H2,(H2,15,19). The second-order valence-corrected chi connectivity index (χ2v) is 5.29. The van der Waals surface area contributed by atoms with E-state index in [1.54, 1.807) is 0 Å². The number of hydrogen-bond donors (Lipinski definition) is 2. The van der Waals surface area contributed by atoms with E-state index < -0.39 is 0 Å². The molecule has 1 aliphatic rings. The molecule has 0 atom stereocenters. The Balaban J connectivity index is 1.93. The zero-order chi connectivity index (χ0) is 13.8. The van der Waals surface area contributed by atoms with Crippen LogP contribution in [0.25, 0.3) is 0 Å². The van der Waals surface area contributed by atoms with Gasteiger partial charge in [-0.3, -0.25) is 4.79 Å². The molecule has 1 heterocycles. The zero-order valence-electron chi connectivity index (χ0n) is 10.7. The van der Waals surface area contributed by atoms with E-state index in [4.69, 9.17) is 18.0 Å². The predicted octanol–water partition coefficient (Wildman–Crippen LogP) is 0.847. The number of likely N-dealkylation sites (tertiary alicyclic amines) is 1. The third kappa shape index (κ3) is 3.75. The minimum absolute atomic E-state index is 0.106. The monoisotopic (exact) mass is 278 g/mol. The summed E-state index contributed by atoms with van der Waals surface area (Å²) in [5.41, 5.74) is 7.29. The van der Waals surface area contributed by atoms with Crippen LogP contribution in [0.4, 0.5) is 0 Å². The average Bonchev–Trinajstić information content (AvgIpc) is 2.40. The molecule has 1 saturated heterocycles. The number of carbonyl (C=O) groups is 1. The fourth-order valence-corrected chi connectivity index (χ4v) is 2.32. The number of aliphatic hydroxyl groups excluding tert-OH is 1. The van der Waals surface area contributed by atoms with Crippen molar-refractivity contribution in [1.82, 2.24) is 4.90 Å². The molecule has 4 nitrogen and oxygen atoms in total. The highest BCUT2D eigenvalue weighted by molar-refractivity contribution is 7.80. The van der Waals surface area contributed by atoms with E-state index in [1.807, 2.05) is 29.2 Å².